The Kier molecular flexibility index (Phi) is 7.41. The minimum absolute atomic E-state index is 0.0391. The number of sulfone groups is 1. The van der Waals surface area contributed by atoms with Gasteiger partial charge < -0.3 is 14.5 Å². The van der Waals surface area contributed by atoms with Crippen molar-refractivity contribution in [1.82, 2.24) is 25.1 Å². The van der Waals surface area contributed by atoms with E-state index in [1.807, 2.05) is 24.5 Å². The molecule has 1 N–H and O–H groups in total. The van der Waals surface area contributed by atoms with Crippen LogP contribution in [0.2, 0.25) is 0 Å². The van der Waals surface area contributed by atoms with Crippen molar-refractivity contribution in [2.75, 3.05) is 24.3 Å². The third-order valence-electron chi connectivity index (χ3n) is 9.64. The van der Waals surface area contributed by atoms with Gasteiger partial charge in [0.15, 0.2) is 9.84 Å². The summed E-state index contributed by atoms with van der Waals surface area (Å²) in [5.41, 5.74) is 5.05. The molecule has 0 bridgehead atoms. The molecule has 2 aliphatic heterocycles. The summed E-state index contributed by atoms with van der Waals surface area (Å²) in [6.07, 6.45) is 8.03. The minimum Gasteiger partial charge on any atom is -0.421 e. The molecule has 7 heterocycles. The largest absolute Gasteiger partial charge is 0.421 e. The summed E-state index contributed by atoms with van der Waals surface area (Å²) in [6, 6.07) is 8.27. The Hall–Kier alpha value is -3.74. The summed E-state index contributed by atoms with van der Waals surface area (Å²) < 4.78 is 41.0. The monoisotopic (exact) mass is 656 g/mol. The highest BCUT2D eigenvalue weighted by molar-refractivity contribution is 7.92. The lowest BCUT2D eigenvalue weighted by atomic mass is 9.88. The highest BCUT2D eigenvalue weighted by Gasteiger charge is 2.43. The molecule has 0 amide bonds. The van der Waals surface area contributed by atoms with Crippen molar-refractivity contribution in [3.63, 3.8) is 0 Å². The summed E-state index contributed by atoms with van der Waals surface area (Å²) in [4.78, 5) is 15.7. The first-order chi connectivity index (χ1) is 22.3. The number of hydrogen-bond acceptors (Lipinski definition) is 11. The second kappa shape index (κ2) is 11.5. The van der Waals surface area contributed by atoms with E-state index in [0.717, 1.165) is 57.9 Å². The van der Waals surface area contributed by atoms with Gasteiger partial charge in [-0.3, -0.25) is 9.97 Å². The number of ether oxygens (including phenoxy) is 1. The van der Waals surface area contributed by atoms with Crippen LogP contribution < -0.4 is 5.32 Å². The zero-order valence-electron chi connectivity index (χ0n) is 26.1. The van der Waals surface area contributed by atoms with E-state index in [1.165, 1.54) is 5.56 Å². The highest BCUT2D eigenvalue weighted by Crippen LogP contribution is 2.51. The molecule has 12 heteroatoms. The predicted octanol–water partition coefficient (Wildman–Crippen LogP) is 6.71. The van der Waals surface area contributed by atoms with Crippen molar-refractivity contribution in [3.05, 3.63) is 65.2 Å². The SMILES string of the molecule is Cc1nnc(-c2c(CC3CCOCC3)nc3c(c2-c2cc4ccnc(N[C@@H]5CCc6ncccc65)c4s2)S(=O)(=O)C[C@H]3C(C)C)o1. The Labute approximate surface area is 272 Å². The van der Waals surface area contributed by atoms with Crippen LogP contribution in [0.3, 0.4) is 0 Å². The Bertz CT molecular complexity index is 2070. The number of fused-ring (bicyclic) bond motifs is 3. The molecule has 0 radical (unpaired) electrons. The van der Waals surface area contributed by atoms with Gasteiger partial charge in [-0.2, -0.15) is 0 Å². The van der Waals surface area contributed by atoms with Crippen LogP contribution in [0, 0.1) is 18.8 Å². The molecule has 5 aromatic heterocycles. The number of hydrogen-bond donors (Lipinski definition) is 1. The maximum Gasteiger partial charge on any atom is 0.250 e. The van der Waals surface area contributed by atoms with Crippen LogP contribution >= 0.6 is 11.3 Å². The second-order valence-corrected chi connectivity index (χ2v) is 16.0. The van der Waals surface area contributed by atoms with Gasteiger partial charge in [0, 0.05) is 54.6 Å². The average Bonchev–Trinajstić information content (AvgIpc) is 3.82. The predicted molar refractivity (Wildman–Crippen MR) is 177 cm³/mol. The standard InChI is InChI=1S/C34H36N6O4S2/c1-18(2)23-17-46(41,42)32-29(28(34-40-39-19(3)44-34)26(37-30(23)32)15-20-9-13-43-14-10-20)27-16-21-8-12-36-33(31(21)45-27)38-25-7-6-24-22(25)5-4-11-35-24/h4-5,8,11-12,16,18,20,23,25H,6-7,9-10,13-15,17H2,1-3H3,(H,36,38)/t23-,25+/m0/s1. The number of pyridine rings is 3. The molecular weight excluding hydrogens is 621 g/mol. The Morgan fingerprint density at radius 1 is 1.07 bits per heavy atom. The zero-order valence-corrected chi connectivity index (χ0v) is 27.7. The fraction of sp³-hybridized carbons (Fsp3) is 0.441. The highest BCUT2D eigenvalue weighted by atomic mass is 32.2. The number of aromatic nitrogens is 5. The van der Waals surface area contributed by atoms with Crippen molar-refractivity contribution >= 4 is 37.1 Å². The molecule has 10 nitrogen and oxygen atoms in total. The molecule has 0 unspecified atom stereocenters. The molecular formula is C34H36N6O4S2. The van der Waals surface area contributed by atoms with Crippen molar-refractivity contribution in [3.8, 4) is 21.9 Å². The quantitative estimate of drug-likeness (QED) is 0.202. The molecule has 3 aliphatic rings. The zero-order chi connectivity index (χ0) is 31.6. The molecule has 0 aromatic carbocycles. The molecule has 8 rings (SSSR count). The molecule has 1 fully saturated rings. The summed E-state index contributed by atoms with van der Waals surface area (Å²) in [6.45, 7) is 7.32. The van der Waals surface area contributed by atoms with E-state index in [0.29, 0.717) is 59.1 Å². The van der Waals surface area contributed by atoms with Gasteiger partial charge >= 0.3 is 0 Å². The molecule has 46 heavy (non-hydrogen) atoms. The topological polar surface area (TPSA) is 133 Å². The lowest BCUT2D eigenvalue weighted by molar-refractivity contribution is 0.0663. The number of thiophene rings is 1. The Morgan fingerprint density at radius 3 is 2.70 bits per heavy atom. The number of aryl methyl sites for hydroxylation is 2. The number of nitrogens with zero attached hydrogens (tertiary/aromatic N) is 5. The second-order valence-electron chi connectivity index (χ2n) is 13.0. The summed E-state index contributed by atoms with van der Waals surface area (Å²) in [7, 11) is -3.66. The van der Waals surface area contributed by atoms with Crippen LogP contribution in [0.5, 0.6) is 0 Å². The maximum atomic E-state index is 14.1. The fourth-order valence-electron chi connectivity index (χ4n) is 7.26. The summed E-state index contributed by atoms with van der Waals surface area (Å²) in [5, 5.41) is 13.3. The number of rotatable bonds is 7. The van der Waals surface area contributed by atoms with Crippen LogP contribution in [0.25, 0.3) is 32.0 Å². The Balaban J connectivity index is 1.34. The van der Waals surface area contributed by atoms with Gasteiger partial charge in [0.1, 0.15) is 5.82 Å². The fourth-order valence-corrected chi connectivity index (χ4v) is 10.7. The van der Waals surface area contributed by atoms with Gasteiger partial charge in [0.2, 0.25) is 11.8 Å². The van der Waals surface area contributed by atoms with Crippen LogP contribution in [0.15, 0.2) is 46.0 Å². The lowest BCUT2D eigenvalue weighted by Crippen LogP contribution is -2.19. The first-order valence-corrected chi connectivity index (χ1v) is 18.5. The minimum atomic E-state index is -3.66. The molecule has 1 saturated heterocycles. The molecule has 238 valence electrons. The average molecular weight is 657 g/mol. The van der Waals surface area contributed by atoms with Gasteiger partial charge in [-0.1, -0.05) is 19.9 Å². The van der Waals surface area contributed by atoms with Gasteiger partial charge in [0.05, 0.1) is 38.3 Å². The molecule has 2 atom stereocenters. The van der Waals surface area contributed by atoms with Crippen LogP contribution in [0.4, 0.5) is 5.82 Å². The van der Waals surface area contributed by atoms with E-state index in [1.54, 1.807) is 18.3 Å². The molecule has 0 saturated carbocycles. The summed E-state index contributed by atoms with van der Waals surface area (Å²) >= 11 is 1.55. The smallest absolute Gasteiger partial charge is 0.250 e. The Morgan fingerprint density at radius 2 is 1.91 bits per heavy atom. The summed E-state index contributed by atoms with van der Waals surface area (Å²) in [5.74, 6) is 1.80. The molecule has 5 aromatic rings. The van der Waals surface area contributed by atoms with Crippen molar-refractivity contribution in [2.24, 2.45) is 11.8 Å². The van der Waals surface area contributed by atoms with E-state index in [4.69, 9.17) is 19.1 Å². The molecule has 1 aliphatic carbocycles. The van der Waals surface area contributed by atoms with Gasteiger partial charge in [-0.05, 0) is 73.1 Å². The van der Waals surface area contributed by atoms with Crippen LogP contribution in [-0.2, 0) is 27.4 Å². The third-order valence-corrected chi connectivity index (χ3v) is 12.7. The van der Waals surface area contributed by atoms with E-state index in [9.17, 15) is 8.42 Å². The van der Waals surface area contributed by atoms with E-state index in [2.05, 4.69) is 46.5 Å². The van der Waals surface area contributed by atoms with Crippen molar-refractivity contribution < 1.29 is 17.6 Å². The van der Waals surface area contributed by atoms with E-state index in [-0.39, 0.29) is 23.6 Å². The molecule has 0 spiro atoms. The van der Waals surface area contributed by atoms with E-state index >= 15 is 0 Å². The van der Waals surface area contributed by atoms with Crippen molar-refractivity contribution in [1.29, 1.82) is 0 Å². The lowest BCUT2D eigenvalue weighted by Gasteiger charge is -2.24. The first kappa shape index (κ1) is 29.6. The normalized spacial score (nSPS) is 20.8. The number of anilines is 1. The first-order valence-electron chi connectivity index (χ1n) is 16.0. The van der Waals surface area contributed by atoms with Gasteiger partial charge in [-0.25, -0.2) is 13.4 Å². The maximum absolute atomic E-state index is 14.1. The van der Waals surface area contributed by atoms with Crippen LogP contribution in [-0.4, -0.2) is 52.5 Å². The van der Waals surface area contributed by atoms with Gasteiger partial charge in [0.25, 0.3) is 0 Å². The van der Waals surface area contributed by atoms with Crippen molar-refractivity contribution in [2.45, 2.75) is 69.7 Å². The third kappa shape index (κ3) is 5.10. The number of nitrogens with one attached hydrogen (secondary N) is 1. The van der Waals surface area contributed by atoms with Crippen LogP contribution in [0.1, 0.15) is 73.6 Å². The van der Waals surface area contributed by atoms with E-state index < -0.39 is 9.84 Å². The van der Waals surface area contributed by atoms with Gasteiger partial charge in [-0.15, -0.1) is 21.5 Å².